The Morgan fingerprint density at radius 3 is 2.59 bits per heavy atom. The Kier molecular flexibility index (Phi) is 5.03. The molecule has 6 nitrogen and oxygen atoms in total. The van der Waals surface area contributed by atoms with E-state index in [1.807, 2.05) is 26.4 Å². The second kappa shape index (κ2) is 7.50. The standard InChI is InChI=1S/C23H27N3O3/c1-14(16-5-8-19(27)9-6-16)26-15(2)22(23(28)29-4)20-11-17(7-10-21(20)26)18-12-24-25(3)13-18/h7,10-14,16H,5-6,8-9H2,1-4H3/t14-/m1/s1. The lowest BCUT2D eigenvalue weighted by atomic mass is 9.83. The Hall–Kier alpha value is -2.89. The molecule has 0 saturated heterocycles. The maximum atomic E-state index is 12.7. The van der Waals surface area contributed by atoms with E-state index in [2.05, 4.69) is 34.8 Å². The first-order valence-corrected chi connectivity index (χ1v) is 10.1. The van der Waals surface area contributed by atoms with E-state index < -0.39 is 0 Å². The fourth-order valence-corrected chi connectivity index (χ4v) is 4.73. The summed E-state index contributed by atoms with van der Waals surface area (Å²) in [5.41, 5.74) is 4.59. The second-order valence-electron chi connectivity index (χ2n) is 8.07. The third-order valence-electron chi connectivity index (χ3n) is 6.35. The Morgan fingerprint density at radius 2 is 1.97 bits per heavy atom. The minimum atomic E-state index is -0.319. The summed E-state index contributed by atoms with van der Waals surface area (Å²) in [4.78, 5) is 24.3. The largest absolute Gasteiger partial charge is 0.465 e. The summed E-state index contributed by atoms with van der Waals surface area (Å²) in [6, 6.07) is 6.42. The van der Waals surface area contributed by atoms with Gasteiger partial charge in [-0.2, -0.15) is 5.10 Å². The predicted molar refractivity (Wildman–Crippen MR) is 112 cm³/mol. The minimum Gasteiger partial charge on any atom is -0.465 e. The van der Waals surface area contributed by atoms with Gasteiger partial charge in [-0.25, -0.2) is 4.79 Å². The molecule has 0 aliphatic heterocycles. The van der Waals surface area contributed by atoms with Crippen molar-refractivity contribution >= 4 is 22.7 Å². The van der Waals surface area contributed by atoms with Crippen molar-refractivity contribution < 1.29 is 14.3 Å². The molecule has 1 aliphatic carbocycles. The molecule has 4 rings (SSSR count). The number of carbonyl (C=O) groups is 2. The van der Waals surface area contributed by atoms with Gasteiger partial charge in [0.25, 0.3) is 0 Å². The lowest BCUT2D eigenvalue weighted by molar-refractivity contribution is -0.121. The van der Waals surface area contributed by atoms with Crippen LogP contribution in [0.15, 0.2) is 30.6 Å². The molecule has 0 N–H and O–H groups in total. The van der Waals surface area contributed by atoms with Gasteiger partial charge in [-0.3, -0.25) is 9.48 Å². The van der Waals surface area contributed by atoms with Crippen LogP contribution in [0.1, 0.15) is 54.7 Å². The molecule has 0 bridgehead atoms. The minimum absolute atomic E-state index is 0.202. The quantitative estimate of drug-likeness (QED) is 0.614. The number of hydrogen-bond donors (Lipinski definition) is 0. The van der Waals surface area contributed by atoms with Gasteiger partial charge in [-0.05, 0) is 50.3 Å². The first-order valence-electron chi connectivity index (χ1n) is 10.1. The number of ether oxygens (including phenoxy) is 1. The molecule has 1 aliphatic rings. The molecule has 0 unspecified atom stereocenters. The van der Waals surface area contributed by atoms with Crippen LogP contribution in [0.5, 0.6) is 0 Å². The van der Waals surface area contributed by atoms with Crippen LogP contribution in [0.4, 0.5) is 0 Å². The first kappa shape index (κ1) is 19.4. The van der Waals surface area contributed by atoms with Gasteiger partial charge in [0.1, 0.15) is 5.78 Å². The SMILES string of the molecule is COC(=O)c1c(C)n([C@H](C)C2CCC(=O)CC2)c2ccc(-c3cnn(C)c3)cc12. The molecule has 0 radical (unpaired) electrons. The Balaban J connectivity index is 1.85. The highest BCUT2D eigenvalue weighted by Gasteiger charge is 2.29. The van der Waals surface area contributed by atoms with E-state index in [4.69, 9.17) is 4.74 Å². The van der Waals surface area contributed by atoms with Crippen LogP contribution in [-0.2, 0) is 16.6 Å². The Morgan fingerprint density at radius 1 is 1.24 bits per heavy atom. The van der Waals surface area contributed by atoms with Gasteiger partial charge in [0.05, 0.1) is 18.9 Å². The highest BCUT2D eigenvalue weighted by molar-refractivity contribution is 6.07. The number of nitrogens with zero attached hydrogens (tertiary/aromatic N) is 3. The topological polar surface area (TPSA) is 66.1 Å². The fraction of sp³-hybridized carbons (Fsp3) is 0.435. The molecule has 1 fully saturated rings. The van der Waals surface area contributed by atoms with Crippen molar-refractivity contribution in [3.8, 4) is 11.1 Å². The second-order valence-corrected chi connectivity index (χ2v) is 8.07. The van der Waals surface area contributed by atoms with E-state index in [9.17, 15) is 9.59 Å². The summed E-state index contributed by atoms with van der Waals surface area (Å²) in [5, 5.41) is 5.16. The number of rotatable bonds is 4. The molecule has 2 heterocycles. The summed E-state index contributed by atoms with van der Waals surface area (Å²) in [6.45, 7) is 4.18. The molecule has 1 saturated carbocycles. The highest BCUT2D eigenvalue weighted by atomic mass is 16.5. The molecule has 3 aromatic rings. The summed E-state index contributed by atoms with van der Waals surface area (Å²) in [6.07, 6.45) is 6.90. The molecule has 152 valence electrons. The van der Waals surface area contributed by atoms with Crippen LogP contribution in [-0.4, -0.2) is 33.2 Å². The van der Waals surface area contributed by atoms with E-state index >= 15 is 0 Å². The fourth-order valence-electron chi connectivity index (χ4n) is 4.73. The number of ketones is 1. The van der Waals surface area contributed by atoms with E-state index in [1.54, 1.807) is 4.68 Å². The molecule has 1 aromatic carbocycles. The predicted octanol–water partition coefficient (Wildman–Crippen LogP) is 4.46. The Labute approximate surface area is 170 Å². The van der Waals surface area contributed by atoms with E-state index in [0.717, 1.165) is 40.6 Å². The number of carbonyl (C=O) groups excluding carboxylic acids is 2. The number of benzene rings is 1. The van der Waals surface area contributed by atoms with Gasteiger partial charge in [-0.1, -0.05) is 6.07 Å². The average Bonchev–Trinajstić information content (AvgIpc) is 3.27. The van der Waals surface area contributed by atoms with Crippen molar-refractivity contribution in [1.82, 2.24) is 14.3 Å². The summed E-state index contributed by atoms with van der Waals surface area (Å²) in [7, 11) is 3.31. The zero-order valence-corrected chi connectivity index (χ0v) is 17.4. The molecular formula is C23H27N3O3. The zero-order chi connectivity index (χ0) is 20.7. The molecule has 6 heteroatoms. The summed E-state index contributed by atoms with van der Waals surface area (Å²) in [5.74, 6) is 0.463. The number of esters is 1. The lowest BCUT2D eigenvalue weighted by Crippen LogP contribution is -2.23. The third-order valence-corrected chi connectivity index (χ3v) is 6.35. The first-order chi connectivity index (χ1) is 13.9. The van der Waals surface area contributed by atoms with Crippen LogP contribution in [0.3, 0.4) is 0 Å². The molecule has 0 amide bonds. The van der Waals surface area contributed by atoms with Gasteiger partial charge in [0.15, 0.2) is 0 Å². The van der Waals surface area contributed by atoms with Gasteiger partial charge in [-0.15, -0.1) is 0 Å². The van der Waals surface area contributed by atoms with Crippen molar-refractivity contribution in [2.45, 2.75) is 45.6 Å². The Bertz CT molecular complexity index is 1080. The maximum Gasteiger partial charge on any atom is 0.340 e. The van der Waals surface area contributed by atoms with Gasteiger partial charge >= 0.3 is 5.97 Å². The molecular weight excluding hydrogens is 366 g/mol. The normalized spacial score (nSPS) is 16.3. The van der Waals surface area contributed by atoms with Gasteiger partial charge in [0, 0.05) is 54.3 Å². The molecule has 2 aromatic heterocycles. The molecule has 0 spiro atoms. The summed E-state index contributed by atoms with van der Waals surface area (Å²) < 4.78 is 9.14. The van der Waals surface area contributed by atoms with Gasteiger partial charge < -0.3 is 9.30 Å². The number of Topliss-reactive ketones (excluding diaryl/α,β-unsaturated/α-hetero) is 1. The van der Waals surface area contributed by atoms with Crippen LogP contribution >= 0.6 is 0 Å². The van der Waals surface area contributed by atoms with Crippen molar-refractivity contribution in [2.75, 3.05) is 7.11 Å². The van der Waals surface area contributed by atoms with Crippen LogP contribution < -0.4 is 0 Å². The number of methoxy groups -OCH3 is 1. The molecule has 29 heavy (non-hydrogen) atoms. The maximum absolute atomic E-state index is 12.7. The van der Waals surface area contributed by atoms with Crippen molar-refractivity contribution in [3.05, 3.63) is 41.9 Å². The van der Waals surface area contributed by atoms with Crippen molar-refractivity contribution in [1.29, 1.82) is 0 Å². The number of aryl methyl sites for hydroxylation is 1. The van der Waals surface area contributed by atoms with E-state index in [1.165, 1.54) is 7.11 Å². The van der Waals surface area contributed by atoms with Crippen LogP contribution in [0.2, 0.25) is 0 Å². The van der Waals surface area contributed by atoms with Crippen molar-refractivity contribution in [2.24, 2.45) is 13.0 Å². The van der Waals surface area contributed by atoms with Crippen LogP contribution in [0.25, 0.3) is 22.0 Å². The zero-order valence-electron chi connectivity index (χ0n) is 17.4. The number of hydrogen-bond acceptors (Lipinski definition) is 4. The van der Waals surface area contributed by atoms with E-state index in [-0.39, 0.29) is 12.0 Å². The van der Waals surface area contributed by atoms with Gasteiger partial charge in [0.2, 0.25) is 0 Å². The number of aromatic nitrogens is 3. The monoisotopic (exact) mass is 393 g/mol. The summed E-state index contributed by atoms with van der Waals surface area (Å²) >= 11 is 0. The third kappa shape index (κ3) is 3.37. The average molecular weight is 393 g/mol. The van der Waals surface area contributed by atoms with Crippen molar-refractivity contribution in [3.63, 3.8) is 0 Å². The molecule has 1 atom stereocenters. The van der Waals surface area contributed by atoms with E-state index in [0.29, 0.717) is 30.1 Å². The van der Waals surface area contributed by atoms with Crippen LogP contribution in [0, 0.1) is 12.8 Å². The highest BCUT2D eigenvalue weighted by Crippen LogP contribution is 2.38. The smallest absolute Gasteiger partial charge is 0.340 e. The lowest BCUT2D eigenvalue weighted by Gasteiger charge is -2.30. The number of fused-ring (bicyclic) bond motifs is 1.